The second-order valence-electron chi connectivity index (χ2n) is 8.27. The van der Waals surface area contributed by atoms with E-state index in [0.717, 1.165) is 40.5 Å². The molecule has 2 fully saturated rings. The number of sulfone groups is 1. The highest BCUT2D eigenvalue weighted by Gasteiger charge is 2.39. The molecule has 1 atom stereocenters. The van der Waals surface area contributed by atoms with Crippen molar-refractivity contribution in [2.75, 3.05) is 18.1 Å². The quantitative estimate of drug-likeness (QED) is 0.514. The van der Waals surface area contributed by atoms with Crippen LogP contribution in [0.15, 0.2) is 30.3 Å². The van der Waals surface area contributed by atoms with Gasteiger partial charge >= 0.3 is 5.97 Å². The molecule has 1 amide bonds. The van der Waals surface area contributed by atoms with Crippen LogP contribution in [0.3, 0.4) is 0 Å². The average Bonchev–Trinajstić information content (AvgIpc) is 3.50. The second-order valence-corrected chi connectivity index (χ2v) is 12.6. The Morgan fingerprint density at radius 1 is 1.03 bits per heavy atom. The van der Waals surface area contributed by atoms with Gasteiger partial charge in [0.25, 0.3) is 5.91 Å². The lowest BCUT2D eigenvalue weighted by atomic mass is 10.1. The molecule has 3 heterocycles. The molecule has 1 aromatic carbocycles. The molecule has 164 valence electrons. The smallest absolute Gasteiger partial charge is 0.348 e. The van der Waals surface area contributed by atoms with E-state index in [2.05, 4.69) is 6.07 Å². The van der Waals surface area contributed by atoms with Crippen LogP contribution in [-0.4, -0.2) is 55.4 Å². The summed E-state index contributed by atoms with van der Waals surface area (Å²) in [6.07, 6.45) is 4.29. The van der Waals surface area contributed by atoms with Crippen LogP contribution in [0.5, 0.6) is 0 Å². The van der Waals surface area contributed by atoms with E-state index in [1.165, 1.54) is 16.0 Å². The molecule has 2 aromatic heterocycles. The molecule has 1 aliphatic carbocycles. The van der Waals surface area contributed by atoms with Gasteiger partial charge in [0, 0.05) is 26.9 Å². The first-order chi connectivity index (χ1) is 14.9. The molecule has 1 aliphatic heterocycles. The van der Waals surface area contributed by atoms with Crippen molar-refractivity contribution in [3.05, 3.63) is 35.2 Å². The minimum atomic E-state index is -3.10. The van der Waals surface area contributed by atoms with Crippen LogP contribution >= 0.6 is 22.7 Å². The van der Waals surface area contributed by atoms with E-state index in [0.29, 0.717) is 11.3 Å². The van der Waals surface area contributed by atoms with Crippen molar-refractivity contribution in [3.63, 3.8) is 0 Å². The molecule has 9 heteroatoms. The van der Waals surface area contributed by atoms with E-state index in [1.54, 1.807) is 16.2 Å². The molecule has 31 heavy (non-hydrogen) atoms. The van der Waals surface area contributed by atoms with E-state index in [4.69, 9.17) is 4.74 Å². The first-order valence-corrected chi connectivity index (χ1v) is 14.0. The fraction of sp³-hybridized carbons (Fsp3) is 0.455. The van der Waals surface area contributed by atoms with E-state index in [1.807, 2.05) is 24.3 Å². The van der Waals surface area contributed by atoms with Gasteiger partial charge < -0.3 is 9.64 Å². The standard InChI is InChI=1S/C22H23NO5S3/c24-20(23(14-5-1-2-6-14)15-9-10-31(26,27)13-15)12-28-22(25)19-11-18-21(30-19)16-7-3-4-8-17(16)29-18/h3-4,7-8,11,14-15H,1-2,5-6,9-10,12-13H2. The molecular formula is C22H23NO5S3. The van der Waals surface area contributed by atoms with Crippen LogP contribution in [0.4, 0.5) is 0 Å². The summed E-state index contributed by atoms with van der Waals surface area (Å²) in [7, 11) is -3.10. The Hall–Kier alpha value is -1.97. The van der Waals surface area contributed by atoms with Crippen molar-refractivity contribution < 1.29 is 22.7 Å². The Morgan fingerprint density at radius 3 is 2.55 bits per heavy atom. The van der Waals surface area contributed by atoms with Gasteiger partial charge in [0.1, 0.15) is 4.88 Å². The molecular weight excluding hydrogens is 454 g/mol. The van der Waals surface area contributed by atoms with E-state index in [-0.39, 0.29) is 36.1 Å². The van der Waals surface area contributed by atoms with Gasteiger partial charge in [0.15, 0.2) is 16.4 Å². The number of rotatable bonds is 5. The van der Waals surface area contributed by atoms with Crippen LogP contribution in [0.25, 0.3) is 19.5 Å². The zero-order valence-corrected chi connectivity index (χ0v) is 19.4. The normalized spacial score (nSPS) is 21.1. The van der Waals surface area contributed by atoms with Crippen LogP contribution in [-0.2, 0) is 19.4 Å². The molecule has 1 unspecified atom stereocenters. The summed E-state index contributed by atoms with van der Waals surface area (Å²) in [6.45, 7) is -0.349. The Balaban J connectivity index is 1.29. The number of thiophene rings is 2. The van der Waals surface area contributed by atoms with Crippen molar-refractivity contribution in [1.29, 1.82) is 0 Å². The molecule has 5 rings (SSSR count). The first kappa shape index (κ1) is 20.9. The van der Waals surface area contributed by atoms with E-state index >= 15 is 0 Å². The highest BCUT2D eigenvalue weighted by atomic mass is 32.2. The van der Waals surface area contributed by atoms with Gasteiger partial charge in [0.2, 0.25) is 0 Å². The molecule has 6 nitrogen and oxygen atoms in total. The molecule has 2 aliphatic rings. The Morgan fingerprint density at radius 2 is 1.81 bits per heavy atom. The van der Waals surface area contributed by atoms with Gasteiger partial charge in [-0.25, -0.2) is 13.2 Å². The summed E-state index contributed by atoms with van der Waals surface area (Å²) < 4.78 is 32.6. The zero-order chi connectivity index (χ0) is 21.6. The maximum Gasteiger partial charge on any atom is 0.348 e. The molecule has 0 bridgehead atoms. The Labute approximate surface area is 188 Å². The van der Waals surface area contributed by atoms with Crippen molar-refractivity contribution in [2.45, 2.75) is 44.2 Å². The lowest BCUT2D eigenvalue weighted by Gasteiger charge is -2.33. The number of benzene rings is 1. The number of amides is 1. The van der Waals surface area contributed by atoms with Crippen LogP contribution in [0.1, 0.15) is 41.8 Å². The maximum atomic E-state index is 13.0. The highest BCUT2D eigenvalue weighted by molar-refractivity contribution is 7.91. The van der Waals surface area contributed by atoms with Gasteiger partial charge in [-0.05, 0) is 31.4 Å². The number of hydrogen-bond acceptors (Lipinski definition) is 7. The van der Waals surface area contributed by atoms with Crippen LogP contribution in [0, 0.1) is 0 Å². The highest BCUT2D eigenvalue weighted by Crippen LogP contribution is 2.39. The van der Waals surface area contributed by atoms with Gasteiger partial charge in [-0.15, -0.1) is 22.7 Å². The molecule has 1 saturated heterocycles. The SMILES string of the molecule is O=C(OCC(=O)N(C1CCCC1)C1CCS(=O)(=O)C1)c1cc2sc3ccccc3c2s1. The molecule has 0 spiro atoms. The number of nitrogens with zero attached hydrogens (tertiary/aromatic N) is 1. The van der Waals surface area contributed by atoms with Gasteiger partial charge in [-0.1, -0.05) is 31.0 Å². The first-order valence-electron chi connectivity index (χ1n) is 10.5. The molecule has 0 radical (unpaired) electrons. The molecule has 3 aromatic rings. The van der Waals surface area contributed by atoms with Crippen molar-refractivity contribution >= 4 is 63.9 Å². The van der Waals surface area contributed by atoms with Crippen molar-refractivity contribution in [1.82, 2.24) is 4.90 Å². The van der Waals surface area contributed by atoms with Crippen LogP contribution in [0.2, 0.25) is 0 Å². The van der Waals surface area contributed by atoms with Gasteiger partial charge in [0.05, 0.1) is 16.2 Å². The largest absolute Gasteiger partial charge is 0.451 e. The second kappa shape index (κ2) is 8.18. The van der Waals surface area contributed by atoms with Gasteiger partial charge in [-0.2, -0.15) is 0 Å². The summed E-state index contributed by atoms with van der Waals surface area (Å²) in [4.78, 5) is 27.9. The summed E-state index contributed by atoms with van der Waals surface area (Å²) in [6, 6.07) is 9.64. The molecule has 0 N–H and O–H groups in total. The molecule has 1 saturated carbocycles. The predicted molar refractivity (Wildman–Crippen MR) is 124 cm³/mol. The van der Waals surface area contributed by atoms with E-state index < -0.39 is 15.8 Å². The minimum Gasteiger partial charge on any atom is -0.451 e. The fourth-order valence-corrected chi connectivity index (χ4v) is 8.89. The van der Waals surface area contributed by atoms with Crippen LogP contribution < -0.4 is 0 Å². The topological polar surface area (TPSA) is 80.8 Å². The number of carbonyl (C=O) groups excluding carboxylic acids is 2. The Bertz CT molecular complexity index is 1250. The van der Waals surface area contributed by atoms with Crippen molar-refractivity contribution in [2.24, 2.45) is 0 Å². The summed E-state index contributed by atoms with van der Waals surface area (Å²) in [5.41, 5.74) is 0. The maximum absolute atomic E-state index is 13.0. The zero-order valence-electron chi connectivity index (χ0n) is 16.9. The van der Waals surface area contributed by atoms with Crippen molar-refractivity contribution in [3.8, 4) is 0 Å². The third kappa shape index (κ3) is 4.10. The monoisotopic (exact) mass is 477 g/mol. The summed E-state index contributed by atoms with van der Waals surface area (Å²) in [5, 5.41) is 1.12. The number of carbonyl (C=O) groups is 2. The summed E-state index contributed by atoms with van der Waals surface area (Å²) in [5.74, 6) is -0.659. The average molecular weight is 478 g/mol. The van der Waals surface area contributed by atoms with Gasteiger partial charge in [-0.3, -0.25) is 4.79 Å². The lowest BCUT2D eigenvalue weighted by Crippen LogP contribution is -2.48. The minimum absolute atomic E-state index is 0.0114. The van der Waals surface area contributed by atoms with E-state index in [9.17, 15) is 18.0 Å². The third-order valence-electron chi connectivity index (χ3n) is 6.19. The summed E-state index contributed by atoms with van der Waals surface area (Å²) >= 11 is 3.02. The number of hydrogen-bond donors (Lipinski definition) is 0. The number of esters is 1. The number of fused-ring (bicyclic) bond motifs is 3. The lowest BCUT2D eigenvalue weighted by molar-refractivity contribution is -0.139. The Kier molecular flexibility index (Phi) is 5.52. The number of ether oxygens (including phenoxy) is 1. The predicted octanol–water partition coefficient (Wildman–Crippen LogP) is 4.23. The fourth-order valence-electron chi connectivity index (χ4n) is 4.76. The third-order valence-corrected chi connectivity index (χ3v) is 10.3.